The first-order chi connectivity index (χ1) is 10.2. The number of aryl methyl sites for hydroxylation is 1. The summed E-state index contributed by atoms with van der Waals surface area (Å²) in [4.78, 5) is 6.27. The number of benzene rings is 1. The van der Waals surface area contributed by atoms with Crippen molar-refractivity contribution in [2.45, 2.75) is 25.9 Å². The van der Waals surface area contributed by atoms with Crippen LogP contribution in [0.4, 0.5) is 0 Å². The number of aliphatic hydroxyl groups excluding tert-OH is 1. The maximum atomic E-state index is 9.67. The van der Waals surface area contributed by atoms with E-state index in [0.717, 1.165) is 17.7 Å². The number of rotatable bonds is 7. The molecule has 1 unspecified atom stereocenters. The van der Waals surface area contributed by atoms with E-state index in [-0.39, 0.29) is 12.6 Å². The number of aromatic nitrogens is 2. The van der Waals surface area contributed by atoms with Crippen LogP contribution in [0.15, 0.2) is 28.8 Å². The summed E-state index contributed by atoms with van der Waals surface area (Å²) in [6, 6.07) is 7.53. The first kappa shape index (κ1) is 15.5. The molecule has 0 radical (unpaired) electrons. The van der Waals surface area contributed by atoms with Gasteiger partial charge in [0.05, 0.1) is 26.3 Å². The highest BCUT2D eigenvalue weighted by atomic mass is 16.5. The monoisotopic (exact) mass is 291 g/mol. The molecule has 1 N–H and O–H groups in total. The zero-order valence-corrected chi connectivity index (χ0v) is 12.6. The van der Waals surface area contributed by atoms with Gasteiger partial charge < -0.3 is 14.4 Å². The molecule has 6 nitrogen and oxygen atoms in total. The number of ether oxygens (including phenoxy) is 1. The summed E-state index contributed by atoms with van der Waals surface area (Å²) in [5, 5.41) is 13.5. The first-order valence-electron chi connectivity index (χ1n) is 6.94. The Hall–Kier alpha value is -1.92. The summed E-state index contributed by atoms with van der Waals surface area (Å²) in [7, 11) is 3.55. The second-order valence-electron chi connectivity index (χ2n) is 4.84. The van der Waals surface area contributed by atoms with Gasteiger partial charge in [-0.15, -0.1) is 0 Å². The molecule has 0 aliphatic rings. The zero-order valence-electron chi connectivity index (χ0n) is 12.6. The molecule has 0 aliphatic carbocycles. The van der Waals surface area contributed by atoms with Crippen LogP contribution in [0.1, 0.15) is 30.2 Å². The topological polar surface area (TPSA) is 71.6 Å². The highest BCUT2D eigenvalue weighted by Gasteiger charge is 2.18. The second kappa shape index (κ2) is 7.19. The van der Waals surface area contributed by atoms with Crippen molar-refractivity contribution in [2.24, 2.45) is 0 Å². The number of nitrogens with zero attached hydrogens (tertiary/aromatic N) is 3. The van der Waals surface area contributed by atoms with Gasteiger partial charge in [0.15, 0.2) is 5.82 Å². The van der Waals surface area contributed by atoms with Crippen LogP contribution < -0.4 is 4.74 Å². The lowest BCUT2D eigenvalue weighted by atomic mass is 10.1. The minimum atomic E-state index is -0.132. The Bertz CT molecular complexity index is 554. The van der Waals surface area contributed by atoms with E-state index in [0.29, 0.717) is 18.3 Å². The van der Waals surface area contributed by atoms with Crippen molar-refractivity contribution >= 4 is 0 Å². The molecule has 0 saturated carbocycles. The van der Waals surface area contributed by atoms with Crippen molar-refractivity contribution in [3.05, 3.63) is 41.5 Å². The molecule has 114 valence electrons. The highest BCUT2D eigenvalue weighted by Crippen LogP contribution is 2.23. The lowest BCUT2D eigenvalue weighted by Crippen LogP contribution is -2.27. The molecule has 1 aromatic carbocycles. The fourth-order valence-electron chi connectivity index (χ4n) is 2.15. The van der Waals surface area contributed by atoms with E-state index < -0.39 is 0 Å². The fourth-order valence-corrected chi connectivity index (χ4v) is 2.15. The van der Waals surface area contributed by atoms with Crippen molar-refractivity contribution in [3.63, 3.8) is 0 Å². The first-order valence-corrected chi connectivity index (χ1v) is 6.94. The van der Waals surface area contributed by atoms with Gasteiger partial charge in [-0.05, 0) is 24.7 Å². The quantitative estimate of drug-likeness (QED) is 0.839. The third-order valence-corrected chi connectivity index (χ3v) is 3.42. The summed E-state index contributed by atoms with van der Waals surface area (Å²) in [6.07, 6.45) is 0.745. The minimum absolute atomic E-state index is 0.0115. The van der Waals surface area contributed by atoms with E-state index in [1.165, 1.54) is 0 Å². The molecule has 21 heavy (non-hydrogen) atoms. The van der Waals surface area contributed by atoms with Crippen LogP contribution in [0.5, 0.6) is 5.75 Å². The van der Waals surface area contributed by atoms with Gasteiger partial charge in [-0.3, -0.25) is 4.90 Å². The molecular weight excluding hydrogens is 270 g/mol. The smallest absolute Gasteiger partial charge is 0.240 e. The molecule has 1 atom stereocenters. The zero-order chi connectivity index (χ0) is 15.2. The molecule has 6 heteroatoms. The average molecular weight is 291 g/mol. The molecular formula is C15H21N3O3. The van der Waals surface area contributed by atoms with Gasteiger partial charge in [-0.25, -0.2) is 0 Å². The third kappa shape index (κ3) is 3.80. The van der Waals surface area contributed by atoms with E-state index in [2.05, 4.69) is 10.1 Å². The molecule has 1 heterocycles. The second-order valence-corrected chi connectivity index (χ2v) is 4.84. The van der Waals surface area contributed by atoms with E-state index in [1.807, 2.05) is 43.1 Å². The SMILES string of the molecule is CCc1noc(CN(C)C(CO)c2ccc(OC)cc2)n1. The molecule has 0 amide bonds. The van der Waals surface area contributed by atoms with Crippen molar-refractivity contribution in [1.82, 2.24) is 15.0 Å². The Morgan fingerprint density at radius 3 is 2.57 bits per heavy atom. The van der Waals surface area contributed by atoms with Gasteiger partial charge in [0, 0.05) is 6.42 Å². The molecule has 1 aromatic heterocycles. The summed E-state index contributed by atoms with van der Waals surface area (Å²) in [5.41, 5.74) is 1.01. The molecule has 0 spiro atoms. The van der Waals surface area contributed by atoms with E-state index in [1.54, 1.807) is 7.11 Å². The Labute approximate surface area is 124 Å². The minimum Gasteiger partial charge on any atom is -0.497 e. The number of likely N-dealkylation sites (N-methyl/N-ethyl adjacent to an activating group) is 1. The largest absolute Gasteiger partial charge is 0.497 e. The predicted molar refractivity (Wildman–Crippen MR) is 78.0 cm³/mol. The number of hydrogen-bond acceptors (Lipinski definition) is 6. The predicted octanol–water partition coefficient (Wildman–Crippen LogP) is 1.81. The average Bonchev–Trinajstić information content (AvgIpc) is 2.96. The Morgan fingerprint density at radius 1 is 1.33 bits per heavy atom. The van der Waals surface area contributed by atoms with E-state index >= 15 is 0 Å². The molecule has 2 rings (SSSR count). The van der Waals surface area contributed by atoms with E-state index in [4.69, 9.17) is 9.26 Å². The molecule has 0 fully saturated rings. The Balaban J connectivity index is 2.07. The van der Waals surface area contributed by atoms with Gasteiger partial charge in [-0.2, -0.15) is 4.98 Å². The summed E-state index contributed by atoms with van der Waals surface area (Å²) < 4.78 is 10.3. The van der Waals surface area contributed by atoms with Gasteiger partial charge in [-0.1, -0.05) is 24.2 Å². The van der Waals surface area contributed by atoms with E-state index in [9.17, 15) is 5.11 Å². The van der Waals surface area contributed by atoms with Crippen LogP contribution in [0.3, 0.4) is 0 Å². The fraction of sp³-hybridized carbons (Fsp3) is 0.467. The third-order valence-electron chi connectivity index (χ3n) is 3.42. The van der Waals surface area contributed by atoms with Crippen molar-refractivity contribution in [3.8, 4) is 5.75 Å². The molecule has 0 bridgehead atoms. The summed E-state index contributed by atoms with van der Waals surface area (Å²) in [6.45, 7) is 2.48. The summed E-state index contributed by atoms with van der Waals surface area (Å²) in [5.74, 6) is 2.05. The standard InChI is InChI=1S/C15H21N3O3/c1-4-14-16-15(21-17-14)9-18(2)13(10-19)11-5-7-12(20-3)8-6-11/h5-8,13,19H,4,9-10H2,1-3H3. The Kier molecular flexibility index (Phi) is 5.30. The number of aliphatic hydroxyl groups is 1. The van der Waals surface area contributed by atoms with Gasteiger partial charge in [0.25, 0.3) is 0 Å². The maximum absolute atomic E-state index is 9.67. The normalized spacial score (nSPS) is 12.6. The number of methoxy groups -OCH3 is 1. The lowest BCUT2D eigenvalue weighted by Gasteiger charge is -2.25. The molecule has 0 saturated heterocycles. The van der Waals surface area contributed by atoms with Crippen molar-refractivity contribution in [2.75, 3.05) is 20.8 Å². The van der Waals surface area contributed by atoms with Crippen LogP contribution in [0.2, 0.25) is 0 Å². The Morgan fingerprint density at radius 2 is 2.05 bits per heavy atom. The molecule has 0 aliphatic heterocycles. The van der Waals surface area contributed by atoms with Gasteiger partial charge in [0.2, 0.25) is 5.89 Å². The van der Waals surface area contributed by atoms with Crippen molar-refractivity contribution in [1.29, 1.82) is 0 Å². The maximum Gasteiger partial charge on any atom is 0.240 e. The number of hydrogen-bond donors (Lipinski definition) is 1. The summed E-state index contributed by atoms with van der Waals surface area (Å²) >= 11 is 0. The van der Waals surface area contributed by atoms with Crippen LogP contribution in [0.25, 0.3) is 0 Å². The van der Waals surface area contributed by atoms with Gasteiger partial charge >= 0.3 is 0 Å². The van der Waals surface area contributed by atoms with Crippen LogP contribution in [-0.2, 0) is 13.0 Å². The molecule has 2 aromatic rings. The van der Waals surface area contributed by atoms with Crippen LogP contribution in [-0.4, -0.2) is 40.9 Å². The van der Waals surface area contributed by atoms with Crippen molar-refractivity contribution < 1.29 is 14.4 Å². The lowest BCUT2D eigenvalue weighted by molar-refractivity contribution is 0.131. The van der Waals surface area contributed by atoms with Crippen LogP contribution >= 0.6 is 0 Å². The highest BCUT2D eigenvalue weighted by molar-refractivity contribution is 5.29. The van der Waals surface area contributed by atoms with Crippen LogP contribution in [0, 0.1) is 0 Å². The van der Waals surface area contributed by atoms with Gasteiger partial charge in [0.1, 0.15) is 5.75 Å².